The van der Waals surface area contributed by atoms with Gasteiger partial charge in [0.1, 0.15) is 0 Å². The van der Waals surface area contributed by atoms with Gasteiger partial charge in [0.05, 0.1) is 0 Å². The summed E-state index contributed by atoms with van der Waals surface area (Å²) >= 11 is 0. The summed E-state index contributed by atoms with van der Waals surface area (Å²) in [5.41, 5.74) is 3.29. The van der Waals surface area contributed by atoms with Crippen LogP contribution in [0, 0.1) is 13.8 Å². The summed E-state index contributed by atoms with van der Waals surface area (Å²) in [5, 5.41) is 16.4. The molecule has 0 saturated carbocycles. The molecule has 5 nitrogen and oxygen atoms in total. The Morgan fingerprint density at radius 1 is 1.16 bits per heavy atom. The number of carboxylic acid groups (broad SMARTS) is 1. The van der Waals surface area contributed by atoms with Crippen LogP contribution in [-0.4, -0.2) is 28.3 Å². The van der Waals surface area contributed by atoms with Crippen molar-refractivity contribution in [3.05, 3.63) is 47.2 Å². The van der Waals surface area contributed by atoms with Gasteiger partial charge in [0.2, 0.25) is 0 Å². The average molecular weight is 257 g/mol. The maximum atomic E-state index is 10.7. The molecule has 0 fully saturated rings. The van der Waals surface area contributed by atoms with Crippen LogP contribution in [0.3, 0.4) is 0 Å². The number of carbonyl (C=O) groups is 1. The van der Waals surface area contributed by atoms with E-state index < -0.39 is 5.97 Å². The second-order valence-corrected chi connectivity index (χ2v) is 4.43. The fourth-order valence-corrected chi connectivity index (χ4v) is 1.92. The molecule has 0 bridgehead atoms. The van der Waals surface area contributed by atoms with Gasteiger partial charge in [-0.25, -0.2) is 4.79 Å². The van der Waals surface area contributed by atoms with Crippen LogP contribution in [0.2, 0.25) is 0 Å². The van der Waals surface area contributed by atoms with Crippen molar-refractivity contribution >= 4 is 17.5 Å². The molecule has 2 aromatic rings. The summed E-state index contributed by atoms with van der Waals surface area (Å²) in [6.45, 7) is 4.07. The van der Waals surface area contributed by atoms with Gasteiger partial charge in [-0.15, -0.1) is 10.2 Å². The Labute approximate surface area is 111 Å². The summed E-state index contributed by atoms with van der Waals surface area (Å²) in [7, 11) is 1.88. The summed E-state index contributed by atoms with van der Waals surface area (Å²) < 4.78 is 0. The minimum absolute atomic E-state index is 0.0576. The van der Waals surface area contributed by atoms with Crippen LogP contribution in [-0.2, 0) is 0 Å². The second-order valence-electron chi connectivity index (χ2n) is 4.43. The van der Waals surface area contributed by atoms with Crippen LogP contribution >= 0.6 is 0 Å². The second kappa shape index (κ2) is 5.06. The van der Waals surface area contributed by atoms with E-state index in [4.69, 9.17) is 5.11 Å². The molecule has 1 heterocycles. The first-order chi connectivity index (χ1) is 8.99. The van der Waals surface area contributed by atoms with Gasteiger partial charge in [0, 0.05) is 12.7 Å². The Balaban J connectivity index is 2.33. The SMILES string of the molecule is Cc1ccc(N(C)c2ccc(C(=O)O)nn2)c(C)c1. The predicted molar refractivity (Wildman–Crippen MR) is 73.0 cm³/mol. The Bertz CT molecular complexity index is 609. The molecule has 0 unspecified atom stereocenters. The number of benzene rings is 1. The van der Waals surface area contributed by atoms with E-state index >= 15 is 0 Å². The first-order valence-electron chi connectivity index (χ1n) is 5.87. The lowest BCUT2D eigenvalue weighted by Gasteiger charge is -2.20. The van der Waals surface area contributed by atoms with Crippen LogP contribution in [0.25, 0.3) is 0 Å². The van der Waals surface area contributed by atoms with E-state index in [-0.39, 0.29) is 5.69 Å². The van der Waals surface area contributed by atoms with Crippen molar-refractivity contribution < 1.29 is 9.90 Å². The molecule has 0 saturated heterocycles. The average Bonchev–Trinajstić information content (AvgIpc) is 2.38. The van der Waals surface area contributed by atoms with E-state index in [0.717, 1.165) is 11.3 Å². The molecular formula is C14H15N3O2. The molecule has 5 heteroatoms. The van der Waals surface area contributed by atoms with Crippen molar-refractivity contribution in [2.45, 2.75) is 13.8 Å². The fourth-order valence-electron chi connectivity index (χ4n) is 1.92. The van der Waals surface area contributed by atoms with Crippen LogP contribution in [0.15, 0.2) is 30.3 Å². The highest BCUT2D eigenvalue weighted by Crippen LogP contribution is 2.25. The number of aryl methyl sites for hydroxylation is 2. The largest absolute Gasteiger partial charge is 0.476 e. The van der Waals surface area contributed by atoms with Gasteiger partial charge in [0.15, 0.2) is 11.5 Å². The lowest BCUT2D eigenvalue weighted by Crippen LogP contribution is -2.14. The monoisotopic (exact) mass is 257 g/mol. The van der Waals surface area contributed by atoms with Crippen LogP contribution < -0.4 is 4.90 Å². The highest BCUT2D eigenvalue weighted by Gasteiger charge is 2.11. The van der Waals surface area contributed by atoms with Gasteiger partial charge in [-0.3, -0.25) is 0 Å². The minimum Gasteiger partial charge on any atom is -0.476 e. The number of hydrogen-bond donors (Lipinski definition) is 1. The number of nitrogens with zero attached hydrogens (tertiary/aromatic N) is 3. The summed E-state index contributed by atoms with van der Waals surface area (Å²) in [4.78, 5) is 12.6. The maximum absolute atomic E-state index is 10.7. The quantitative estimate of drug-likeness (QED) is 0.915. The Kier molecular flexibility index (Phi) is 3.46. The molecule has 0 aliphatic rings. The topological polar surface area (TPSA) is 66.3 Å². The molecule has 1 aromatic carbocycles. The normalized spacial score (nSPS) is 10.3. The molecule has 0 radical (unpaired) electrons. The third-order valence-corrected chi connectivity index (χ3v) is 2.93. The number of hydrogen-bond acceptors (Lipinski definition) is 4. The predicted octanol–water partition coefficient (Wildman–Crippen LogP) is 2.56. The Morgan fingerprint density at radius 3 is 2.42 bits per heavy atom. The van der Waals surface area contributed by atoms with Gasteiger partial charge in [-0.1, -0.05) is 17.7 Å². The fraction of sp³-hybridized carbons (Fsp3) is 0.214. The first kappa shape index (κ1) is 13.0. The molecule has 2 rings (SSSR count). The van der Waals surface area contributed by atoms with E-state index in [0.29, 0.717) is 5.82 Å². The standard InChI is InChI=1S/C14H15N3O2/c1-9-4-6-12(10(2)8-9)17(3)13-7-5-11(14(18)19)15-16-13/h4-8H,1-3H3,(H,18,19). The van der Waals surface area contributed by atoms with Crippen molar-refractivity contribution in [2.75, 3.05) is 11.9 Å². The van der Waals surface area contributed by atoms with Gasteiger partial charge in [-0.05, 0) is 37.6 Å². The summed E-state index contributed by atoms with van der Waals surface area (Å²) in [6.07, 6.45) is 0. The number of anilines is 2. The van der Waals surface area contributed by atoms with Crippen LogP contribution in [0.5, 0.6) is 0 Å². The highest BCUT2D eigenvalue weighted by atomic mass is 16.4. The molecule has 0 atom stereocenters. The van der Waals surface area contributed by atoms with Crippen molar-refractivity contribution in [3.8, 4) is 0 Å². The minimum atomic E-state index is -1.08. The number of rotatable bonds is 3. The lowest BCUT2D eigenvalue weighted by molar-refractivity contribution is 0.0689. The zero-order valence-corrected chi connectivity index (χ0v) is 11.1. The third kappa shape index (κ3) is 2.70. The molecule has 0 amide bonds. The molecular weight excluding hydrogens is 242 g/mol. The van der Waals surface area contributed by atoms with Crippen LogP contribution in [0.1, 0.15) is 21.6 Å². The molecule has 98 valence electrons. The molecule has 1 aromatic heterocycles. The van der Waals surface area contributed by atoms with E-state index in [1.165, 1.54) is 11.6 Å². The zero-order chi connectivity index (χ0) is 14.0. The lowest BCUT2D eigenvalue weighted by atomic mass is 10.1. The molecule has 0 spiro atoms. The first-order valence-corrected chi connectivity index (χ1v) is 5.87. The smallest absolute Gasteiger partial charge is 0.356 e. The van der Waals surface area contributed by atoms with E-state index in [1.807, 2.05) is 37.9 Å². The number of aromatic nitrogens is 2. The maximum Gasteiger partial charge on any atom is 0.356 e. The van der Waals surface area contributed by atoms with Gasteiger partial charge >= 0.3 is 5.97 Å². The molecule has 1 N–H and O–H groups in total. The van der Waals surface area contributed by atoms with E-state index in [9.17, 15) is 4.79 Å². The van der Waals surface area contributed by atoms with Crippen molar-refractivity contribution in [2.24, 2.45) is 0 Å². The van der Waals surface area contributed by atoms with Gasteiger partial charge < -0.3 is 10.0 Å². The Hall–Kier alpha value is -2.43. The Morgan fingerprint density at radius 2 is 1.89 bits per heavy atom. The highest BCUT2D eigenvalue weighted by molar-refractivity contribution is 5.85. The molecule has 19 heavy (non-hydrogen) atoms. The molecule has 0 aliphatic carbocycles. The summed E-state index contributed by atoms with van der Waals surface area (Å²) in [5.74, 6) is -0.467. The van der Waals surface area contributed by atoms with Crippen molar-refractivity contribution in [1.82, 2.24) is 10.2 Å². The van der Waals surface area contributed by atoms with E-state index in [1.54, 1.807) is 6.07 Å². The van der Waals surface area contributed by atoms with E-state index in [2.05, 4.69) is 16.3 Å². The van der Waals surface area contributed by atoms with Crippen LogP contribution in [0.4, 0.5) is 11.5 Å². The number of aromatic carboxylic acids is 1. The molecule has 0 aliphatic heterocycles. The van der Waals surface area contributed by atoms with Crippen molar-refractivity contribution in [3.63, 3.8) is 0 Å². The summed E-state index contributed by atoms with van der Waals surface area (Å²) in [6, 6.07) is 9.22. The third-order valence-electron chi connectivity index (χ3n) is 2.93. The van der Waals surface area contributed by atoms with Crippen molar-refractivity contribution in [1.29, 1.82) is 0 Å². The number of carboxylic acids is 1. The zero-order valence-electron chi connectivity index (χ0n) is 11.1. The van der Waals surface area contributed by atoms with Gasteiger partial charge in [0.25, 0.3) is 0 Å². The van der Waals surface area contributed by atoms with Gasteiger partial charge in [-0.2, -0.15) is 0 Å².